The number of hydrogen-bond donors (Lipinski definition) is 2. The lowest BCUT2D eigenvalue weighted by Gasteiger charge is -2.11. The molecule has 0 saturated carbocycles. The second-order valence-electron chi connectivity index (χ2n) is 5.44. The number of carbonyl (C=O) groups is 1. The Balaban J connectivity index is 1.76. The monoisotopic (exact) mass is 316 g/mol. The number of thioether (sulfide) groups is 1. The smallest absolute Gasteiger partial charge is 0.224 e. The Hall–Kier alpha value is -1.52. The average Bonchev–Trinajstić information content (AvgIpc) is 2.54. The van der Waals surface area contributed by atoms with Gasteiger partial charge in [0, 0.05) is 30.5 Å². The fourth-order valence-electron chi connectivity index (χ4n) is 2.42. The molecule has 1 atom stereocenters. The van der Waals surface area contributed by atoms with E-state index in [2.05, 4.69) is 53.1 Å². The first-order valence-electron chi connectivity index (χ1n) is 7.69. The zero-order valence-corrected chi connectivity index (χ0v) is 14.1. The van der Waals surface area contributed by atoms with Crippen LogP contribution in [-0.2, 0) is 10.5 Å². The number of hydrogen-bond acceptors (Lipinski definition) is 3. The van der Waals surface area contributed by atoms with Gasteiger partial charge in [-0.15, -0.1) is 0 Å². The number of fused-ring (bicyclic) bond motifs is 1. The van der Waals surface area contributed by atoms with Gasteiger partial charge in [0.15, 0.2) is 0 Å². The summed E-state index contributed by atoms with van der Waals surface area (Å²) in [6.07, 6.45) is 0. The molecule has 1 unspecified atom stereocenters. The molecule has 0 bridgehead atoms. The first-order valence-corrected chi connectivity index (χ1v) is 8.84. The van der Waals surface area contributed by atoms with Crippen molar-refractivity contribution in [1.29, 1.82) is 0 Å². The highest BCUT2D eigenvalue weighted by Crippen LogP contribution is 2.22. The molecule has 4 heteroatoms. The van der Waals surface area contributed by atoms with Crippen molar-refractivity contribution in [1.82, 2.24) is 10.6 Å². The molecule has 0 radical (unpaired) electrons. The fraction of sp³-hybridized carbons (Fsp3) is 0.389. The summed E-state index contributed by atoms with van der Waals surface area (Å²) in [5.41, 5.74) is 1.36. The van der Waals surface area contributed by atoms with Crippen LogP contribution in [-0.4, -0.2) is 31.8 Å². The molecule has 2 aromatic rings. The molecule has 0 fully saturated rings. The van der Waals surface area contributed by atoms with E-state index in [0.29, 0.717) is 0 Å². The van der Waals surface area contributed by atoms with Gasteiger partial charge in [0.25, 0.3) is 0 Å². The Morgan fingerprint density at radius 1 is 1.18 bits per heavy atom. The van der Waals surface area contributed by atoms with Gasteiger partial charge in [0.05, 0.1) is 0 Å². The lowest BCUT2D eigenvalue weighted by atomic mass is 10.1. The topological polar surface area (TPSA) is 41.1 Å². The van der Waals surface area contributed by atoms with Crippen molar-refractivity contribution in [2.45, 2.75) is 12.7 Å². The number of carbonyl (C=O) groups excluding carboxylic acids is 1. The van der Waals surface area contributed by atoms with Crippen molar-refractivity contribution in [3.63, 3.8) is 0 Å². The van der Waals surface area contributed by atoms with E-state index >= 15 is 0 Å². The summed E-state index contributed by atoms with van der Waals surface area (Å²) >= 11 is 1.86. The predicted octanol–water partition coefficient (Wildman–Crippen LogP) is 3.04. The second kappa shape index (κ2) is 8.81. The Labute approximate surface area is 136 Å². The molecule has 2 N–H and O–H groups in total. The van der Waals surface area contributed by atoms with Crippen LogP contribution in [0.3, 0.4) is 0 Å². The summed E-state index contributed by atoms with van der Waals surface area (Å²) in [6, 6.07) is 14.9. The molecule has 3 nitrogen and oxygen atoms in total. The molecule has 0 aliphatic heterocycles. The van der Waals surface area contributed by atoms with E-state index in [9.17, 15) is 4.79 Å². The molecule has 0 aliphatic rings. The van der Waals surface area contributed by atoms with E-state index in [4.69, 9.17) is 0 Å². The van der Waals surface area contributed by atoms with Gasteiger partial charge >= 0.3 is 0 Å². The van der Waals surface area contributed by atoms with Crippen molar-refractivity contribution >= 4 is 28.4 Å². The van der Waals surface area contributed by atoms with Crippen molar-refractivity contribution in [2.75, 3.05) is 25.9 Å². The molecule has 0 aliphatic carbocycles. The normalized spacial score (nSPS) is 12.3. The predicted molar refractivity (Wildman–Crippen MR) is 96.2 cm³/mol. The quantitative estimate of drug-likeness (QED) is 0.736. The van der Waals surface area contributed by atoms with Gasteiger partial charge in [-0.25, -0.2) is 0 Å². The fourth-order valence-corrected chi connectivity index (χ4v) is 3.28. The molecule has 0 aromatic heterocycles. The van der Waals surface area contributed by atoms with Crippen molar-refractivity contribution < 1.29 is 4.79 Å². The van der Waals surface area contributed by atoms with Crippen molar-refractivity contribution in [2.24, 2.45) is 5.92 Å². The molecule has 2 aromatic carbocycles. The Morgan fingerprint density at radius 2 is 1.95 bits per heavy atom. The van der Waals surface area contributed by atoms with E-state index in [0.717, 1.165) is 24.6 Å². The largest absolute Gasteiger partial charge is 0.355 e. The molecule has 0 saturated heterocycles. The first kappa shape index (κ1) is 16.8. The van der Waals surface area contributed by atoms with Gasteiger partial charge in [0.1, 0.15) is 0 Å². The third kappa shape index (κ3) is 4.75. The lowest BCUT2D eigenvalue weighted by Crippen LogP contribution is -2.35. The molecule has 0 heterocycles. The highest BCUT2D eigenvalue weighted by Gasteiger charge is 2.10. The number of nitrogens with one attached hydrogen (secondary N) is 2. The maximum absolute atomic E-state index is 11.8. The SMILES string of the molecule is CNCC(C)C(=O)NCCSCc1cccc2ccccc12. The van der Waals surface area contributed by atoms with Crippen LogP contribution in [0.25, 0.3) is 10.8 Å². The second-order valence-corrected chi connectivity index (χ2v) is 6.55. The molecular formula is C18H24N2OS. The molecule has 118 valence electrons. The number of amides is 1. The van der Waals surface area contributed by atoms with Gasteiger partial charge in [-0.3, -0.25) is 4.79 Å². The van der Waals surface area contributed by atoms with Crippen LogP contribution in [0, 0.1) is 5.92 Å². The minimum atomic E-state index is 0.0214. The summed E-state index contributed by atoms with van der Waals surface area (Å²) < 4.78 is 0. The van der Waals surface area contributed by atoms with Gasteiger partial charge in [-0.05, 0) is 23.4 Å². The minimum Gasteiger partial charge on any atom is -0.355 e. The van der Waals surface area contributed by atoms with Crippen LogP contribution in [0.4, 0.5) is 0 Å². The van der Waals surface area contributed by atoms with Crippen LogP contribution in [0.2, 0.25) is 0 Å². The van der Waals surface area contributed by atoms with Crippen LogP contribution in [0.15, 0.2) is 42.5 Å². The molecule has 0 spiro atoms. The standard InChI is InChI=1S/C18H24N2OS/c1-14(12-19-2)18(21)20-10-11-22-13-16-8-5-7-15-6-3-4-9-17(15)16/h3-9,14,19H,10-13H2,1-2H3,(H,20,21). The van der Waals surface area contributed by atoms with Crippen LogP contribution in [0.1, 0.15) is 12.5 Å². The molecule has 1 amide bonds. The zero-order chi connectivity index (χ0) is 15.8. The minimum absolute atomic E-state index is 0.0214. The summed E-state index contributed by atoms with van der Waals surface area (Å²) in [5, 5.41) is 8.62. The number of benzene rings is 2. The first-order chi connectivity index (χ1) is 10.7. The third-order valence-corrected chi connectivity index (χ3v) is 4.65. The maximum atomic E-state index is 11.8. The molecule has 2 rings (SSSR count). The molecule has 22 heavy (non-hydrogen) atoms. The van der Waals surface area contributed by atoms with Crippen LogP contribution >= 0.6 is 11.8 Å². The summed E-state index contributed by atoms with van der Waals surface area (Å²) in [6.45, 7) is 3.38. The van der Waals surface area contributed by atoms with Crippen molar-refractivity contribution in [3.8, 4) is 0 Å². The van der Waals surface area contributed by atoms with Gasteiger partial charge in [-0.2, -0.15) is 11.8 Å². The van der Waals surface area contributed by atoms with E-state index in [-0.39, 0.29) is 11.8 Å². The van der Waals surface area contributed by atoms with E-state index in [1.54, 1.807) is 0 Å². The summed E-state index contributed by atoms with van der Waals surface area (Å²) in [4.78, 5) is 11.8. The highest BCUT2D eigenvalue weighted by molar-refractivity contribution is 7.98. The third-order valence-electron chi connectivity index (χ3n) is 3.64. The van der Waals surface area contributed by atoms with Gasteiger partial charge in [-0.1, -0.05) is 49.4 Å². The highest BCUT2D eigenvalue weighted by atomic mass is 32.2. The van der Waals surface area contributed by atoms with E-state index < -0.39 is 0 Å². The summed E-state index contributed by atoms with van der Waals surface area (Å²) in [5.74, 6) is 2.05. The van der Waals surface area contributed by atoms with E-state index in [1.807, 2.05) is 25.7 Å². The number of rotatable bonds is 8. The van der Waals surface area contributed by atoms with Crippen LogP contribution in [0.5, 0.6) is 0 Å². The van der Waals surface area contributed by atoms with Gasteiger partial charge in [0.2, 0.25) is 5.91 Å². The maximum Gasteiger partial charge on any atom is 0.224 e. The Morgan fingerprint density at radius 3 is 2.77 bits per heavy atom. The molecular weight excluding hydrogens is 292 g/mol. The zero-order valence-electron chi connectivity index (χ0n) is 13.3. The Kier molecular flexibility index (Phi) is 6.74. The van der Waals surface area contributed by atoms with Crippen molar-refractivity contribution in [3.05, 3.63) is 48.0 Å². The van der Waals surface area contributed by atoms with Crippen LogP contribution < -0.4 is 10.6 Å². The average molecular weight is 316 g/mol. The lowest BCUT2D eigenvalue weighted by molar-refractivity contribution is -0.124. The van der Waals surface area contributed by atoms with E-state index in [1.165, 1.54) is 16.3 Å². The summed E-state index contributed by atoms with van der Waals surface area (Å²) in [7, 11) is 1.86. The Bertz CT molecular complexity index is 610. The van der Waals surface area contributed by atoms with Gasteiger partial charge < -0.3 is 10.6 Å².